The Morgan fingerprint density at radius 1 is 0.909 bits per heavy atom. The number of anilines is 1. The lowest BCUT2D eigenvalue weighted by atomic mass is 9.76. The van der Waals surface area contributed by atoms with E-state index in [1.165, 1.54) is 4.90 Å². The molecule has 3 aromatic carbocycles. The summed E-state index contributed by atoms with van der Waals surface area (Å²) in [5.74, 6) is -1.28. The second-order valence-corrected chi connectivity index (χ2v) is 12.5. The summed E-state index contributed by atoms with van der Waals surface area (Å²) in [7, 11) is 0. The molecule has 2 amide bonds. The Morgan fingerprint density at radius 3 is 2.36 bits per heavy atom. The highest BCUT2D eigenvalue weighted by Crippen LogP contribution is 2.42. The van der Waals surface area contributed by atoms with E-state index in [4.69, 9.17) is 21.3 Å². The Morgan fingerprint density at radius 2 is 1.64 bits per heavy atom. The van der Waals surface area contributed by atoms with E-state index in [-0.39, 0.29) is 35.0 Å². The van der Waals surface area contributed by atoms with Crippen LogP contribution in [0, 0.1) is 38.5 Å². The van der Waals surface area contributed by atoms with Crippen LogP contribution < -0.4 is 4.90 Å². The molecule has 2 heterocycles. The van der Waals surface area contributed by atoms with Gasteiger partial charge in [0, 0.05) is 21.5 Å². The Labute approximate surface area is 261 Å². The molecule has 1 saturated heterocycles. The van der Waals surface area contributed by atoms with Gasteiger partial charge in [-0.05, 0) is 93.0 Å². The molecule has 2 fully saturated rings. The lowest BCUT2D eigenvalue weighted by Gasteiger charge is -2.25. The van der Waals surface area contributed by atoms with Gasteiger partial charge >= 0.3 is 5.97 Å². The van der Waals surface area contributed by atoms with E-state index in [1.807, 2.05) is 26.8 Å². The summed E-state index contributed by atoms with van der Waals surface area (Å²) >= 11 is 6.42. The zero-order chi connectivity index (χ0) is 31.3. The number of nitrogens with zero attached hydrogens (tertiary/aromatic N) is 2. The fourth-order valence-electron chi connectivity index (χ4n) is 6.35. The predicted octanol–water partition coefficient (Wildman–Crippen LogP) is 7.45. The number of ketones is 1. The number of carbonyl (C=O) groups is 4. The normalized spacial score (nSPS) is 19.8. The number of esters is 1. The number of amides is 2. The first kappa shape index (κ1) is 29.7. The van der Waals surface area contributed by atoms with Crippen LogP contribution in [0.15, 0.2) is 60.7 Å². The van der Waals surface area contributed by atoms with Crippen molar-refractivity contribution in [3.63, 3.8) is 0 Å². The number of aromatic nitrogens is 1. The molecule has 0 radical (unpaired) electrons. The van der Waals surface area contributed by atoms with Gasteiger partial charge in [0.25, 0.3) is 0 Å². The van der Waals surface area contributed by atoms with Crippen molar-refractivity contribution in [3.8, 4) is 11.3 Å². The Kier molecular flexibility index (Phi) is 7.84. The third kappa shape index (κ3) is 5.30. The number of pyridine rings is 1. The molecule has 0 spiro atoms. The largest absolute Gasteiger partial charge is 0.454 e. The molecule has 1 aliphatic heterocycles. The maximum atomic E-state index is 13.4. The summed E-state index contributed by atoms with van der Waals surface area (Å²) in [6.07, 6.45) is 2.43. The zero-order valence-electron chi connectivity index (χ0n) is 25.1. The van der Waals surface area contributed by atoms with Crippen molar-refractivity contribution in [3.05, 3.63) is 93.5 Å². The highest BCUT2D eigenvalue weighted by Gasteiger charge is 2.49. The van der Waals surface area contributed by atoms with E-state index in [9.17, 15) is 19.2 Å². The van der Waals surface area contributed by atoms with Gasteiger partial charge in [0.05, 0.1) is 34.3 Å². The van der Waals surface area contributed by atoms with E-state index in [2.05, 4.69) is 6.92 Å². The number of hydrogen-bond acceptors (Lipinski definition) is 6. The van der Waals surface area contributed by atoms with Crippen molar-refractivity contribution in [2.45, 2.75) is 47.0 Å². The summed E-state index contributed by atoms with van der Waals surface area (Å²) < 4.78 is 5.52. The van der Waals surface area contributed by atoms with Crippen molar-refractivity contribution in [1.82, 2.24) is 4.98 Å². The Hall–Kier alpha value is -4.36. The maximum Gasteiger partial charge on any atom is 0.339 e. The number of halogens is 1. The molecular formula is C36H33ClN2O5. The lowest BCUT2D eigenvalue weighted by Crippen LogP contribution is -2.30. The molecule has 44 heavy (non-hydrogen) atoms. The van der Waals surface area contributed by atoms with Crippen molar-refractivity contribution < 1.29 is 23.9 Å². The molecule has 3 atom stereocenters. The van der Waals surface area contributed by atoms with Crippen LogP contribution in [0.2, 0.25) is 5.02 Å². The van der Waals surface area contributed by atoms with E-state index >= 15 is 0 Å². The summed E-state index contributed by atoms with van der Waals surface area (Å²) in [6.45, 7) is 7.45. The maximum absolute atomic E-state index is 13.4. The van der Waals surface area contributed by atoms with E-state index < -0.39 is 12.6 Å². The van der Waals surface area contributed by atoms with Crippen molar-refractivity contribution >= 4 is 51.8 Å². The molecule has 8 heteroatoms. The fourth-order valence-corrected chi connectivity index (χ4v) is 6.51. The lowest BCUT2D eigenvalue weighted by molar-refractivity contribution is -0.122. The van der Waals surface area contributed by atoms with Crippen LogP contribution in [0.1, 0.15) is 63.6 Å². The van der Waals surface area contributed by atoms with Crippen LogP contribution in [0.25, 0.3) is 22.2 Å². The number of imide groups is 1. The minimum atomic E-state index is -0.653. The number of rotatable bonds is 6. The number of benzene rings is 3. The van der Waals surface area contributed by atoms with Crippen LogP contribution in [-0.4, -0.2) is 35.2 Å². The molecular weight excluding hydrogens is 576 g/mol. The van der Waals surface area contributed by atoms with E-state index in [1.54, 1.807) is 54.6 Å². The molecule has 2 aliphatic rings. The number of carbonyl (C=O) groups excluding carboxylic acids is 4. The van der Waals surface area contributed by atoms with Crippen molar-refractivity contribution in [1.29, 1.82) is 0 Å². The van der Waals surface area contributed by atoms with Gasteiger partial charge in [0.2, 0.25) is 11.8 Å². The van der Waals surface area contributed by atoms with Crippen molar-refractivity contribution in [2.24, 2.45) is 17.8 Å². The average Bonchev–Trinajstić information content (AvgIpc) is 3.26. The first-order valence-electron chi connectivity index (χ1n) is 14.9. The monoisotopic (exact) mass is 608 g/mol. The molecule has 1 saturated carbocycles. The second kappa shape index (κ2) is 11.6. The van der Waals surface area contributed by atoms with Gasteiger partial charge in [-0.2, -0.15) is 0 Å². The third-order valence-electron chi connectivity index (χ3n) is 9.16. The van der Waals surface area contributed by atoms with Gasteiger partial charge in [-0.25, -0.2) is 9.78 Å². The molecule has 0 bridgehead atoms. The number of Topliss-reactive ketones (excluding diaryl/α,β-unsaturated/α-hetero) is 1. The minimum Gasteiger partial charge on any atom is -0.454 e. The van der Waals surface area contributed by atoms with Crippen LogP contribution in [0.3, 0.4) is 0 Å². The molecule has 1 aliphatic carbocycles. The fraction of sp³-hybridized carbons (Fsp3) is 0.306. The summed E-state index contributed by atoms with van der Waals surface area (Å²) in [5.41, 5.74) is 5.72. The highest BCUT2D eigenvalue weighted by molar-refractivity contribution is 6.32. The summed E-state index contributed by atoms with van der Waals surface area (Å²) in [5, 5.41) is 1.06. The van der Waals surface area contributed by atoms with Crippen LogP contribution in [0.5, 0.6) is 0 Å². The minimum absolute atomic E-state index is 0.130. The summed E-state index contributed by atoms with van der Waals surface area (Å²) in [4.78, 5) is 58.8. The topological polar surface area (TPSA) is 93.6 Å². The SMILES string of the molecule is Cc1ccc(C(=O)COC(=O)c2cc(-c3ccc(N4C(=O)C5CCC(C)CC5C4=O)cc3)nc3c(C)c(Cl)ccc23)cc1C. The van der Waals surface area contributed by atoms with E-state index in [0.29, 0.717) is 49.9 Å². The Balaban J connectivity index is 1.30. The molecule has 0 N–H and O–H groups in total. The van der Waals surface area contributed by atoms with Gasteiger partial charge in [-0.15, -0.1) is 0 Å². The van der Waals surface area contributed by atoms with Gasteiger partial charge in [0.1, 0.15) is 0 Å². The van der Waals surface area contributed by atoms with Crippen LogP contribution in [0.4, 0.5) is 5.69 Å². The first-order chi connectivity index (χ1) is 21.0. The number of fused-ring (bicyclic) bond motifs is 2. The summed E-state index contributed by atoms with van der Waals surface area (Å²) in [6, 6.07) is 17.5. The second-order valence-electron chi connectivity index (χ2n) is 12.1. The van der Waals surface area contributed by atoms with Gasteiger partial charge in [-0.3, -0.25) is 19.3 Å². The van der Waals surface area contributed by atoms with Gasteiger partial charge in [0.15, 0.2) is 12.4 Å². The molecule has 6 rings (SSSR count). The molecule has 3 unspecified atom stereocenters. The molecule has 7 nitrogen and oxygen atoms in total. The van der Waals surface area contributed by atoms with Gasteiger partial charge in [-0.1, -0.05) is 48.9 Å². The standard InChI is InChI=1S/C36H33ClN2O5/c1-19-5-12-27-28(15-19)35(42)39(34(27)41)25-10-8-23(9-11-25)31-17-29(26-13-14-30(37)22(4)33(26)38-31)36(43)44-18-32(40)24-7-6-20(2)21(3)16-24/h6-11,13-14,16-17,19,27-28H,5,12,15,18H2,1-4H3. The highest BCUT2D eigenvalue weighted by atomic mass is 35.5. The van der Waals surface area contributed by atoms with Gasteiger partial charge < -0.3 is 4.74 Å². The quantitative estimate of drug-likeness (QED) is 0.128. The number of ether oxygens (including phenoxy) is 1. The zero-order valence-corrected chi connectivity index (χ0v) is 25.9. The Bertz CT molecular complexity index is 1850. The molecule has 1 aromatic heterocycles. The number of hydrogen-bond donors (Lipinski definition) is 0. The van der Waals surface area contributed by atoms with Crippen LogP contribution >= 0.6 is 11.6 Å². The predicted molar refractivity (Wildman–Crippen MR) is 170 cm³/mol. The molecule has 224 valence electrons. The van der Waals surface area contributed by atoms with E-state index in [0.717, 1.165) is 30.4 Å². The number of aryl methyl sites for hydroxylation is 3. The first-order valence-corrected chi connectivity index (χ1v) is 15.3. The van der Waals surface area contributed by atoms with Crippen molar-refractivity contribution in [2.75, 3.05) is 11.5 Å². The smallest absolute Gasteiger partial charge is 0.339 e. The third-order valence-corrected chi connectivity index (χ3v) is 9.57. The average molecular weight is 609 g/mol. The molecule has 4 aromatic rings. The van der Waals surface area contributed by atoms with Crippen LogP contribution in [-0.2, 0) is 14.3 Å².